The molecule has 0 spiro atoms. The number of hydrogen-bond donors (Lipinski definition) is 1. The Bertz CT molecular complexity index is 925. The third-order valence-electron chi connectivity index (χ3n) is 4.66. The van der Waals surface area contributed by atoms with Gasteiger partial charge in [0, 0.05) is 37.7 Å². The summed E-state index contributed by atoms with van der Waals surface area (Å²) in [5, 5.41) is 7.14. The predicted molar refractivity (Wildman–Crippen MR) is 102 cm³/mol. The minimum absolute atomic E-state index is 0.000782. The Balaban J connectivity index is 1.46. The molecule has 4 rings (SSSR count). The van der Waals surface area contributed by atoms with Crippen molar-refractivity contribution in [1.82, 2.24) is 24.7 Å². The van der Waals surface area contributed by atoms with Crippen molar-refractivity contribution in [3.63, 3.8) is 0 Å². The van der Waals surface area contributed by atoms with Gasteiger partial charge in [-0.25, -0.2) is 19.6 Å². The molecule has 1 amide bonds. The Labute approximate surface area is 157 Å². The van der Waals surface area contributed by atoms with E-state index < -0.39 is 0 Å². The first-order valence-corrected chi connectivity index (χ1v) is 8.99. The summed E-state index contributed by atoms with van der Waals surface area (Å²) in [6, 6.07) is 7.53. The molecule has 1 atom stereocenters. The number of piperidine rings is 1. The summed E-state index contributed by atoms with van der Waals surface area (Å²) < 4.78 is 1.70. The molecule has 0 aromatic carbocycles. The van der Waals surface area contributed by atoms with Crippen molar-refractivity contribution in [2.24, 2.45) is 5.92 Å². The standard InChI is InChI=1S/C19H21N7O/c1-14-5-7-20-16(10-14)24-19(27)15-4-2-8-25(12-15)17-11-18(22-13-21-17)26-9-3-6-23-26/h3,5-7,9-11,13,15H,2,4,8,12H2,1H3,(H,20,24,27)/t15-/m0/s1. The van der Waals surface area contributed by atoms with Gasteiger partial charge in [0.25, 0.3) is 0 Å². The molecule has 4 heterocycles. The lowest BCUT2D eigenvalue weighted by molar-refractivity contribution is -0.120. The highest BCUT2D eigenvalue weighted by Crippen LogP contribution is 2.23. The summed E-state index contributed by atoms with van der Waals surface area (Å²) >= 11 is 0. The number of aromatic nitrogens is 5. The van der Waals surface area contributed by atoms with E-state index in [1.807, 2.05) is 37.4 Å². The Morgan fingerprint density at radius 3 is 2.89 bits per heavy atom. The minimum atomic E-state index is -0.107. The van der Waals surface area contributed by atoms with Crippen LogP contribution < -0.4 is 10.2 Å². The lowest BCUT2D eigenvalue weighted by Gasteiger charge is -2.32. The molecule has 0 aliphatic carbocycles. The van der Waals surface area contributed by atoms with Gasteiger partial charge in [0.2, 0.25) is 5.91 Å². The molecule has 3 aromatic rings. The lowest BCUT2D eigenvalue weighted by Crippen LogP contribution is -2.41. The van der Waals surface area contributed by atoms with Crippen LogP contribution >= 0.6 is 0 Å². The summed E-state index contributed by atoms with van der Waals surface area (Å²) in [4.78, 5) is 27.7. The lowest BCUT2D eigenvalue weighted by atomic mass is 9.97. The summed E-state index contributed by atoms with van der Waals surface area (Å²) in [7, 11) is 0. The zero-order chi connectivity index (χ0) is 18.6. The van der Waals surface area contributed by atoms with Crippen LogP contribution in [-0.4, -0.2) is 43.7 Å². The third kappa shape index (κ3) is 3.94. The van der Waals surface area contributed by atoms with E-state index in [0.29, 0.717) is 18.2 Å². The van der Waals surface area contributed by atoms with Crippen LogP contribution in [0.15, 0.2) is 49.2 Å². The molecule has 138 valence electrons. The first kappa shape index (κ1) is 17.1. The van der Waals surface area contributed by atoms with Crippen LogP contribution in [-0.2, 0) is 4.79 Å². The number of anilines is 2. The average Bonchev–Trinajstić information content (AvgIpc) is 3.23. The van der Waals surface area contributed by atoms with Gasteiger partial charge in [0.1, 0.15) is 18.0 Å². The molecule has 3 aromatic heterocycles. The Kier molecular flexibility index (Phi) is 4.78. The number of carbonyl (C=O) groups is 1. The Morgan fingerprint density at radius 2 is 2.07 bits per heavy atom. The highest BCUT2D eigenvalue weighted by atomic mass is 16.2. The fourth-order valence-electron chi connectivity index (χ4n) is 3.27. The van der Waals surface area contributed by atoms with E-state index in [2.05, 4.69) is 30.3 Å². The molecule has 0 bridgehead atoms. The molecule has 8 heteroatoms. The van der Waals surface area contributed by atoms with Crippen molar-refractivity contribution in [3.8, 4) is 5.82 Å². The Hall–Kier alpha value is -3.29. The molecule has 27 heavy (non-hydrogen) atoms. The largest absolute Gasteiger partial charge is 0.356 e. The summed E-state index contributed by atoms with van der Waals surface area (Å²) in [5.74, 6) is 2.01. The second-order valence-corrected chi connectivity index (χ2v) is 6.68. The van der Waals surface area contributed by atoms with Crippen LogP contribution in [0.3, 0.4) is 0 Å². The van der Waals surface area contributed by atoms with E-state index >= 15 is 0 Å². The monoisotopic (exact) mass is 363 g/mol. The van der Waals surface area contributed by atoms with Crippen molar-refractivity contribution in [1.29, 1.82) is 0 Å². The molecule has 0 unspecified atom stereocenters. The number of aryl methyl sites for hydroxylation is 1. The van der Waals surface area contributed by atoms with E-state index in [1.165, 1.54) is 6.33 Å². The van der Waals surface area contributed by atoms with Gasteiger partial charge in [0.05, 0.1) is 5.92 Å². The van der Waals surface area contributed by atoms with Gasteiger partial charge in [0.15, 0.2) is 5.82 Å². The number of hydrogen-bond acceptors (Lipinski definition) is 6. The van der Waals surface area contributed by atoms with E-state index in [-0.39, 0.29) is 11.8 Å². The maximum atomic E-state index is 12.7. The smallest absolute Gasteiger partial charge is 0.230 e. The van der Waals surface area contributed by atoms with Crippen LogP contribution in [0.1, 0.15) is 18.4 Å². The summed E-state index contributed by atoms with van der Waals surface area (Å²) in [5.41, 5.74) is 1.07. The second kappa shape index (κ2) is 7.53. The normalized spacial score (nSPS) is 16.9. The molecule has 8 nitrogen and oxygen atoms in total. The SMILES string of the molecule is Cc1ccnc(NC(=O)[C@H]2CCCN(c3cc(-n4cccn4)ncn3)C2)c1. The van der Waals surface area contributed by atoms with Gasteiger partial charge in [-0.05, 0) is 43.5 Å². The maximum absolute atomic E-state index is 12.7. The first-order chi connectivity index (χ1) is 13.2. The molecule has 1 aliphatic rings. The molecule has 1 saturated heterocycles. The van der Waals surface area contributed by atoms with Crippen molar-refractivity contribution >= 4 is 17.5 Å². The van der Waals surface area contributed by atoms with E-state index in [9.17, 15) is 4.79 Å². The van der Waals surface area contributed by atoms with E-state index in [0.717, 1.165) is 30.8 Å². The van der Waals surface area contributed by atoms with E-state index in [4.69, 9.17) is 0 Å². The topological polar surface area (TPSA) is 88.8 Å². The number of pyridine rings is 1. The molecule has 1 fully saturated rings. The summed E-state index contributed by atoms with van der Waals surface area (Å²) in [6.07, 6.45) is 8.57. The highest BCUT2D eigenvalue weighted by Gasteiger charge is 2.27. The van der Waals surface area contributed by atoms with Crippen LogP contribution in [0.5, 0.6) is 0 Å². The van der Waals surface area contributed by atoms with Crippen LogP contribution in [0.25, 0.3) is 5.82 Å². The molecule has 0 saturated carbocycles. The quantitative estimate of drug-likeness (QED) is 0.765. The minimum Gasteiger partial charge on any atom is -0.356 e. The van der Waals surface area contributed by atoms with Gasteiger partial charge in [-0.2, -0.15) is 5.10 Å². The van der Waals surface area contributed by atoms with Gasteiger partial charge >= 0.3 is 0 Å². The van der Waals surface area contributed by atoms with Crippen LogP contribution in [0.4, 0.5) is 11.6 Å². The van der Waals surface area contributed by atoms with Crippen molar-refractivity contribution < 1.29 is 4.79 Å². The molecular weight excluding hydrogens is 342 g/mol. The predicted octanol–water partition coefficient (Wildman–Crippen LogP) is 2.22. The van der Waals surface area contributed by atoms with Gasteiger partial charge < -0.3 is 10.2 Å². The molecule has 1 N–H and O–H groups in total. The highest BCUT2D eigenvalue weighted by molar-refractivity contribution is 5.92. The zero-order valence-corrected chi connectivity index (χ0v) is 15.1. The van der Waals surface area contributed by atoms with Gasteiger partial charge in [-0.3, -0.25) is 4.79 Å². The van der Waals surface area contributed by atoms with Crippen LogP contribution in [0.2, 0.25) is 0 Å². The van der Waals surface area contributed by atoms with Crippen molar-refractivity contribution in [2.75, 3.05) is 23.3 Å². The first-order valence-electron chi connectivity index (χ1n) is 8.99. The zero-order valence-electron chi connectivity index (χ0n) is 15.1. The van der Waals surface area contributed by atoms with E-state index in [1.54, 1.807) is 17.1 Å². The number of carbonyl (C=O) groups excluding carboxylic acids is 1. The number of nitrogens with one attached hydrogen (secondary N) is 1. The Morgan fingerprint density at radius 1 is 1.19 bits per heavy atom. The number of amides is 1. The molecule has 1 aliphatic heterocycles. The third-order valence-corrected chi connectivity index (χ3v) is 4.66. The second-order valence-electron chi connectivity index (χ2n) is 6.68. The van der Waals surface area contributed by atoms with Gasteiger partial charge in [-0.15, -0.1) is 0 Å². The number of nitrogens with zero attached hydrogens (tertiary/aromatic N) is 6. The fraction of sp³-hybridized carbons (Fsp3) is 0.316. The number of rotatable bonds is 4. The van der Waals surface area contributed by atoms with Gasteiger partial charge in [-0.1, -0.05) is 0 Å². The average molecular weight is 363 g/mol. The maximum Gasteiger partial charge on any atom is 0.230 e. The molecular formula is C19H21N7O. The molecule has 0 radical (unpaired) electrons. The fourth-order valence-corrected chi connectivity index (χ4v) is 3.27. The van der Waals surface area contributed by atoms with Crippen molar-refractivity contribution in [2.45, 2.75) is 19.8 Å². The van der Waals surface area contributed by atoms with Crippen LogP contribution in [0, 0.1) is 12.8 Å². The summed E-state index contributed by atoms with van der Waals surface area (Å²) in [6.45, 7) is 3.46. The van der Waals surface area contributed by atoms with Crippen molar-refractivity contribution in [3.05, 3.63) is 54.7 Å².